The van der Waals surface area contributed by atoms with Crippen molar-refractivity contribution >= 4 is 37.3 Å². The average Bonchev–Trinajstić information content (AvgIpc) is 2.43. The molecule has 0 radical (unpaired) electrons. The third-order valence-corrected chi connectivity index (χ3v) is 4.65. The molecule has 0 saturated carbocycles. The molecule has 0 spiro atoms. The topological polar surface area (TPSA) is 96.0 Å². The van der Waals surface area contributed by atoms with Gasteiger partial charge in [-0.05, 0) is 45.8 Å². The molecule has 0 fully saturated rings. The molecule has 0 unspecified atom stereocenters. The zero-order valence-corrected chi connectivity index (χ0v) is 13.3. The molecule has 0 atom stereocenters. The van der Waals surface area contributed by atoms with Gasteiger partial charge in [0, 0.05) is 10.2 Å². The summed E-state index contributed by atoms with van der Waals surface area (Å²) in [4.78, 5) is 0. The number of rotatable bonds is 4. The van der Waals surface area contributed by atoms with Crippen LogP contribution in [0.15, 0.2) is 46.9 Å². The molecule has 3 N–H and O–H groups in total. The third kappa shape index (κ3) is 3.97. The van der Waals surface area contributed by atoms with E-state index in [2.05, 4.69) is 20.7 Å². The fourth-order valence-corrected chi connectivity index (χ4v) is 3.50. The first kappa shape index (κ1) is 15.4. The van der Waals surface area contributed by atoms with Crippen LogP contribution in [0.3, 0.4) is 0 Å². The van der Waals surface area contributed by atoms with Gasteiger partial charge in [0.05, 0.1) is 23.1 Å². The van der Waals surface area contributed by atoms with Gasteiger partial charge in [0.25, 0.3) is 0 Å². The Bertz CT molecular complexity index is 813. The Morgan fingerprint density at radius 1 is 1.24 bits per heavy atom. The molecule has 0 heterocycles. The normalized spacial score (nSPS) is 10.9. The SMILES string of the molecule is N#Cc1ccccc1CS(=O)(=O)Nc1cc(N)ccc1Br. The minimum atomic E-state index is -3.65. The zero-order chi connectivity index (χ0) is 15.5. The molecule has 21 heavy (non-hydrogen) atoms. The van der Waals surface area contributed by atoms with E-state index in [1.54, 1.807) is 36.4 Å². The van der Waals surface area contributed by atoms with Crippen LogP contribution in [0.25, 0.3) is 0 Å². The van der Waals surface area contributed by atoms with Gasteiger partial charge in [0.1, 0.15) is 0 Å². The van der Waals surface area contributed by atoms with E-state index < -0.39 is 10.0 Å². The average molecular weight is 366 g/mol. The second-order valence-electron chi connectivity index (χ2n) is 4.37. The molecule has 0 aliphatic rings. The monoisotopic (exact) mass is 365 g/mol. The summed E-state index contributed by atoms with van der Waals surface area (Å²) in [5.74, 6) is -0.280. The van der Waals surface area contributed by atoms with Gasteiger partial charge < -0.3 is 5.73 Å². The van der Waals surface area contributed by atoms with Gasteiger partial charge >= 0.3 is 0 Å². The van der Waals surface area contributed by atoms with Crippen LogP contribution in [0, 0.1) is 11.3 Å². The first-order chi connectivity index (χ1) is 9.91. The predicted octanol–water partition coefficient (Wildman–Crippen LogP) is 2.84. The molecule has 2 aromatic rings. The smallest absolute Gasteiger partial charge is 0.237 e. The van der Waals surface area contributed by atoms with Gasteiger partial charge in [-0.25, -0.2) is 8.42 Å². The van der Waals surface area contributed by atoms with E-state index in [9.17, 15) is 8.42 Å². The van der Waals surface area contributed by atoms with Crippen LogP contribution in [0.2, 0.25) is 0 Å². The molecule has 2 aromatic carbocycles. The predicted molar refractivity (Wildman–Crippen MR) is 86.0 cm³/mol. The van der Waals surface area contributed by atoms with E-state index in [0.29, 0.717) is 27.0 Å². The zero-order valence-electron chi connectivity index (χ0n) is 10.9. The Kier molecular flexibility index (Phi) is 4.50. The minimum absolute atomic E-state index is 0.280. The van der Waals surface area contributed by atoms with Gasteiger partial charge in [0.2, 0.25) is 10.0 Å². The Hall–Kier alpha value is -2.04. The molecule has 0 bridgehead atoms. The highest BCUT2D eigenvalue weighted by Gasteiger charge is 2.15. The van der Waals surface area contributed by atoms with Crippen LogP contribution in [0.4, 0.5) is 11.4 Å². The molecule has 5 nitrogen and oxygen atoms in total. The van der Waals surface area contributed by atoms with Crippen molar-refractivity contribution < 1.29 is 8.42 Å². The van der Waals surface area contributed by atoms with Crippen LogP contribution in [-0.2, 0) is 15.8 Å². The summed E-state index contributed by atoms with van der Waals surface area (Å²) in [5.41, 5.74) is 7.26. The lowest BCUT2D eigenvalue weighted by atomic mass is 10.1. The molecular formula is C14H12BrN3O2S. The quantitative estimate of drug-likeness (QED) is 0.814. The van der Waals surface area contributed by atoms with E-state index in [-0.39, 0.29) is 5.75 Å². The van der Waals surface area contributed by atoms with Crippen LogP contribution < -0.4 is 10.5 Å². The number of nitrogens with one attached hydrogen (secondary N) is 1. The maximum atomic E-state index is 12.2. The largest absolute Gasteiger partial charge is 0.399 e. The molecule has 0 saturated heterocycles. The highest BCUT2D eigenvalue weighted by Crippen LogP contribution is 2.26. The number of halogens is 1. The summed E-state index contributed by atoms with van der Waals surface area (Å²) in [7, 11) is -3.65. The van der Waals surface area contributed by atoms with Crippen molar-refractivity contribution in [2.24, 2.45) is 0 Å². The summed E-state index contributed by atoms with van der Waals surface area (Å²) in [5, 5.41) is 9.00. The molecule has 0 aliphatic heterocycles. The molecule has 0 aromatic heterocycles. The Morgan fingerprint density at radius 2 is 1.95 bits per heavy atom. The Labute approximate surface area is 131 Å². The lowest BCUT2D eigenvalue weighted by Crippen LogP contribution is -2.16. The van der Waals surface area contributed by atoms with Crippen LogP contribution in [0.5, 0.6) is 0 Å². The van der Waals surface area contributed by atoms with Gasteiger partial charge in [0.15, 0.2) is 0 Å². The number of benzene rings is 2. The van der Waals surface area contributed by atoms with Crippen molar-refractivity contribution in [1.82, 2.24) is 0 Å². The van der Waals surface area contributed by atoms with E-state index in [0.717, 1.165) is 0 Å². The fourth-order valence-electron chi connectivity index (χ4n) is 1.78. The number of nitrogen functional groups attached to an aromatic ring is 1. The molecule has 0 aliphatic carbocycles. The van der Waals surface area contributed by atoms with E-state index >= 15 is 0 Å². The third-order valence-electron chi connectivity index (χ3n) is 2.74. The summed E-state index contributed by atoms with van der Waals surface area (Å²) >= 11 is 3.26. The molecule has 0 amide bonds. The van der Waals surface area contributed by atoms with Crippen molar-refractivity contribution in [1.29, 1.82) is 5.26 Å². The maximum absolute atomic E-state index is 12.2. The number of hydrogen-bond acceptors (Lipinski definition) is 4. The summed E-state index contributed by atoms with van der Waals surface area (Å²) in [6.45, 7) is 0. The summed E-state index contributed by atoms with van der Waals surface area (Å²) in [6.07, 6.45) is 0. The first-order valence-corrected chi connectivity index (χ1v) is 8.39. The molecule has 108 valence electrons. The number of hydrogen-bond donors (Lipinski definition) is 2. The van der Waals surface area contributed by atoms with E-state index in [1.807, 2.05) is 6.07 Å². The van der Waals surface area contributed by atoms with E-state index in [4.69, 9.17) is 11.0 Å². The lowest BCUT2D eigenvalue weighted by molar-refractivity contribution is 0.600. The van der Waals surface area contributed by atoms with Gasteiger partial charge in [-0.15, -0.1) is 0 Å². The Morgan fingerprint density at radius 3 is 2.67 bits per heavy atom. The number of nitrogens with zero attached hydrogens (tertiary/aromatic N) is 1. The lowest BCUT2D eigenvalue weighted by Gasteiger charge is -2.11. The van der Waals surface area contributed by atoms with Crippen molar-refractivity contribution in [3.8, 4) is 6.07 Å². The van der Waals surface area contributed by atoms with Gasteiger partial charge in [-0.2, -0.15) is 5.26 Å². The van der Waals surface area contributed by atoms with Crippen molar-refractivity contribution in [3.05, 3.63) is 58.1 Å². The summed E-state index contributed by atoms with van der Waals surface area (Å²) in [6, 6.07) is 13.4. The van der Waals surface area contributed by atoms with Gasteiger partial charge in [-0.1, -0.05) is 18.2 Å². The van der Waals surface area contributed by atoms with Crippen molar-refractivity contribution in [2.45, 2.75) is 5.75 Å². The van der Waals surface area contributed by atoms with Gasteiger partial charge in [-0.3, -0.25) is 4.72 Å². The van der Waals surface area contributed by atoms with Crippen LogP contribution in [-0.4, -0.2) is 8.42 Å². The van der Waals surface area contributed by atoms with Crippen molar-refractivity contribution in [3.63, 3.8) is 0 Å². The summed E-state index contributed by atoms with van der Waals surface area (Å²) < 4.78 is 27.5. The number of nitriles is 1. The first-order valence-electron chi connectivity index (χ1n) is 5.95. The van der Waals surface area contributed by atoms with Crippen LogP contribution >= 0.6 is 15.9 Å². The number of nitrogens with two attached hydrogens (primary N) is 1. The number of anilines is 2. The highest BCUT2D eigenvalue weighted by molar-refractivity contribution is 9.10. The second-order valence-corrected chi connectivity index (χ2v) is 6.95. The maximum Gasteiger partial charge on any atom is 0.237 e. The number of sulfonamides is 1. The van der Waals surface area contributed by atoms with E-state index in [1.165, 1.54) is 6.07 Å². The Balaban J connectivity index is 2.27. The minimum Gasteiger partial charge on any atom is -0.399 e. The van der Waals surface area contributed by atoms with Crippen molar-refractivity contribution in [2.75, 3.05) is 10.5 Å². The standard InChI is InChI=1S/C14H12BrN3O2S/c15-13-6-5-12(17)7-14(13)18-21(19,20)9-11-4-2-1-3-10(11)8-16/h1-7,18H,9,17H2. The fraction of sp³-hybridized carbons (Fsp3) is 0.0714. The second kappa shape index (κ2) is 6.16. The molecule has 7 heteroatoms. The molecule has 2 rings (SSSR count). The highest BCUT2D eigenvalue weighted by atomic mass is 79.9. The van der Waals surface area contributed by atoms with Crippen LogP contribution in [0.1, 0.15) is 11.1 Å². The molecular weight excluding hydrogens is 354 g/mol.